The van der Waals surface area contributed by atoms with Crippen molar-refractivity contribution in [3.8, 4) is 5.75 Å². The van der Waals surface area contributed by atoms with Gasteiger partial charge in [0.25, 0.3) is 5.91 Å². The summed E-state index contributed by atoms with van der Waals surface area (Å²) in [4.78, 5) is 18.0. The Morgan fingerprint density at radius 1 is 1.11 bits per heavy atom. The maximum absolute atomic E-state index is 12.8. The van der Waals surface area contributed by atoms with Crippen LogP contribution < -0.4 is 9.54 Å². The third-order valence-electron chi connectivity index (χ3n) is 4.61. The van der Waals surface area contributed by atoms with Crippen molar-refractivity contribution in [2.75, 3.05) is 6.61 Å². The second kappa shape index (κ2) is 8.31. The van der Waals surface area contributed by atoms with E-state index in [1.54, 1.807) is 0 Å². The number of benzene rings is 2. The summed E-state index contributed by atoms with van der Waals surface area (Å²) in [5.41, 5.74) is 2.97. The molecule has 148 valence electrons. The fraction of sp³-hybridized carbons (Fsp3) is 0.391. The highest BCUT2D eigenvalue weighted by atomic mass is 32.1. The summed E-state index contributed by atoms with van der Waals surface area (Å²) in [6, 6.07) is 13.8. The third-order valence-corrected chi connectivity index (χ3v) is 5.65. The van der Waals surface area contributed by atoms with E-state index in [0.29, 0.717) is 12.2 Å². The molecule has 1 amide bonds. The zero-order valence-electron chi connectivity index (χ0n) is 17.3. The van der Waals surface area contributed by atoms with Gasteiger partial charge in [-0.05, 0) is 54.7 Å². The Morgan fingerprint density at radius 3 is 2.43 bits per heavy atom. The number of ether oxygens (including phenoxy) is 1. The predicted octanol–water partition coefficient (Wildman–Crippen LogP) is 5.55. The molecule has 1 heterocycles. The van der Waals surface area contributed by atoms with E-state index in [2.05, 4.69) is 37.3 Å². The van der Waals surface area contributed by atoms with Gasteiger partial charge in [0, 0.05) is 12.1 Å². The first-order valence-corrected chi connectivity index (χ1v) is 10.6. The fourth-order valence-electron chi connectivity index (χ4n) is 3.10. The summed E-state index contributed by atoms with van der Waals surface area (Å²) in [5, 5.41) is 0. The highest BCUT2D eigenvalue weighted by Gasteiger charge is 2.15. The summed E-state index contributed by atoms with van der Waals surface area (Å²) in [7, 11) is 0. The van der Waals surface area contributed by atoms with Crippen LogP contribution >= 0.6 is 11.3 Å². The Labute approximate surface area is 170 Å². The maximum atomic E-state index is 12.8. The van der Waals surface area contributed by atoms with Gasteiger partial charge in [0.15, 0.2) is 4.80 Å². The molecule has 1 aromatic heterocycles. The molecule has 2 aromatic carbocycles. The van der Waals surface area contributed by atoms with Crippen molar-refractivity contribution < 1.29 is 9.53 Å². The number of amides is 1. The van der Waals surface area contributed by atoms with Crippen molar-refractivity contribution in [2.45, 2.75) is 53.0 Å². The van der Waals surface area contributed by atoms with Gasteiger partial charge >= 0.3 is 0 Å². The molecule has 0 unspecified atom stereocenters. The number of fused-ring (bicyclic) bond motifs is 1. The number of aryl methyl sites for hydroxylation is 1. The smallest absolute Gasteiger partial charge is 0.279 e. The van der Waals surface area contributed by atoms with Crippen LogP contribution in [0.15, 0.2) is 47.5 Å². The van der Waals surface area contributed by atoms with E-state index < -0.39 is 0 Å². The van der Waals surface area contributed by atoms with Crippen LogP contribution in [0.5, 0.6) is 5.75 Å². The van der Waals surface area contributed by atoms with Gasteiger partial charge in [-0.15, -0.1) is 0 Å². The number of aromatic nitrogens is 1. The Morgan fingerprint density at radius 2 is 1.82 bits per heavy atom. The lowest BCUT2D eigenvalue weighted by atomic mass is 9.87. The minimum Gasteiger partial charge on any atom is -0.494 e. The van der Waals surface area contributed by atoms with Gasteiger partial charge in [-0.25, -0.2) is 0 Å². The lowest BCUT2D eigenvalue weighted by molar-refractivity contribution is 0.0997. The number of nitrogens with zero attached hydrogens (tertiary/aromatic N) is 2. The quantitative estimate of drug-likeness (QED) is 0.567. The molecule has 0 radical (unpaired) electrons. The van der Waals surface area contributed by atoms with Crippen molar-refractivity contribution >= 4 is 27.5 Å². The first-order chi connectivity index (χ1) is 13.3. The molecule has 3 rings (SSSR count). The Balaban J connectivity index is 2.02. The Bertz CT molecular complexity index is 1040. The molecule has 0 atom stereocenters. The highest BCUT2D eigenvalue weighted by Crippen LogP contribution is 2.24. The minimum atomic E-state index is -0.207. The fourth-order valence-corrected chi connectivity index (χ4v) is 4.18. The van der Waals surface area contributed by atoms with Crippen LogP contribution in [-0.4, -0.2) is 17.1 Å². The molecule has 0 bridgehead atoms. The molecule has 5 heteroatoms. The van der Waals surface area contributed by atoms with Crippen molar-refractivity contribution in [3.63, 3.8) is 0 Å². The molecule has 4 nitrogen and oxygen atoms in total. The zero-order chi connectivity index (χ0) is 20.3. The Kier molecular flexibility index (Phi) is 6.04. The molecular formula is C23H28N2O2S. The first kappa shape index (κ1) is 20.3. The molecule has 0 N–H and O–H groups in total. The van der Waals surface area contributed by atoms with E-state index in [0.717, 1.165) is 33.7 Å². The largest absolute Gasteiger partial charge is 0.494 e. The third kappa shape index (κ3) is 4.36. The molecule has 0 saturated carbocycles. The predicted molar refractivity (Wildman–Crippen MR) is 116 cm³/mol. The highest BCUT2D eigenvalue weighted by molar-refractivity contribution is 7.16. The van der Waals surface area contributed by atoms with Crippen molar-refractivity contribution in [1.29, 1.82) is 0 Å². The SMILES string of the molecule is CCCn1c(=NC(=O)c2ccc(C(C)(C)C)cc2)sc2cc(OCC)ccc21. The van der Waals surface area contributed by atoms with E-state index >= 15 is 0 Å². The van der Waals surface area contributed by atoms with E-state index in [-0.39, 0.29) is 11.3 Å². The lowest BCUT2D eigenvalue weighted by Gasteiger charge is -2.18. The normalized spacial score (nSPS) is 12.5. The average Bonchev–Trinajstić information content (AvgIpc) is 2.98. The van der Waals surface area contributed by atoms with Crippen LogP contribution in [0.4, 0.5) is 0 Å². The first-order valence-electron chi connectivity index (χ1n) is 9.79. The summed E-state index contributed by atoms with van der Waals surface area (Å²) in [5.74, 6) is 0.637. The monoisotopic (exact) mass is 396 g/mol. The number of hydrogen-bond acceptors (Lipinski definition) is 3. The lowest BCUT2D eigenvalue weighted by Crippen LogP contribution is -2.17. The molecule has 0 spiro atoms. The van der Waals surface area contributed by atoms with Gasteiger partial charge in [0.2, 0.25) is 0 Å². The second-order valence-electron chi connectivity index (χ2n) is 7.84. The second-order valence-corrected chi connectivity index (χ2v) is 8.85. The topological polar surface area (TPSA) is 43.6 Å². The summed E-state index contributed by atoms with van der Waals surface area (Å²) in [6.07, 6.45) is 0.973. The van der Waals surface area contributed by atoms with E-state index in [1.807, 2.05) is 49.4 Å². The van der Waals surface area contributed by atoms with Gasteiger partial charge in [-0.1, -0.05) is 51.2 Å². The number of carbonyl (C=O) groups is 1. The van der Waals surface area contributed by atoms with Crippen LogP contribution in [0.2, 0.25) is 0 Å². The number of thiazole rings is 1. The van der Waals surface area contributed by atoms with Crippen molar-refractivity contribution in [1.82, 2.24) is 4.57 Å². The van der Waals surface area contributed by atoms with Crippen LogP contribution in [0.25, 0.3) is 10.2 Å². The number of hydrogen-bond donors (Lipinski definition) is 0. The van der Waals surface area contributed by atoms with Gasteiger partial charge in [-0.2, -0.15) is 4.99 Å². The van der Waals surface area contributed by atoms with Gasteiger partial charge in [0.05, 0.1) is 16.8 Å². The zero-order valence-corrected chi connectivity index (χ0v) is 18.1. The molecule has 28 heavy (non-hydrogen) atoms. The van der Waals surface area contributed by atoms with Crippen molar-refractivity contribution in [3.05, 3.63) is 58.4 Å². The average molecular weight is 397 g/mol. The molecule has 0 aliphatic carbocycles. The van der Waals surface area contributed by atoms with E-state index in [9.17, 15) is 4.79 Å². The number of rotatable bonds is 5. The molecule has 0 aliphatic rings. The minimum absolute atomic E-state index is 0.0621. The van der Waals surface area contributed by atoms with E-state index in [4.69, 9.17) is 4.74 Å². The molecule has 0 saturated heterocycles. The maximum Gasteiger partial charge on any atom is 0.279 e. The summed E-state index contributed by atoms with van der Waals surface area (Å²) < 4.78 is 8.81. The van der Waals surface area contributed by atoms with Crippen LogP contribution in [-0.2, 0) is 12.0 Å². The molecule has 0 aliphatic heterocycles. The van der Waals surface area contributed by atoms with Gasteiger partial charge in [-0.3, -0.25) is 4.79 Å². The van der Waals surface area contributed by atoms with Gasteiger partial charge in [0.1, 0.15) is 5.75 Å². The van der Waals surface area contributed by atoms with Gasteiger partial charge < -0.3 is 9.30 Å². The Hall–Kier alpha value is -2.40. The molecular weight excluding hydrogens is 368 g/mol. The molecule has 3 aromatic rings. The van der Waals surface area contributed by atoms with Crippen LogP contribution in [0.3, 0.4) is 0 Å². The van der Waals surface area contributed by atoms with Crippen molar-refractivity contribution in [2.24, 2.45) is 4.99 Å². The van der Waals surface area contributed by atoms with Crippen LogP contribution in [0.1, 0.15) is 57.0 Å². The number of carbonyl (C=O) groups excluding carboxylic acids is 1. The summed E-state index contributed by atoms with van der Waals surface area (Å²) >= 11 is 1.53. The van der Waals surface area contributed by atoms with E-state index in [1.165, 1.54) is 16.9 Å². The molecule has 0 fully saturated rings. The standard InChI is InChI=1S/C23H28N2O2S/c1-6-14-25-19-13-12-18(27-7-2)15-20(19)28-22(25)24-21(26)16-8-10-17(11-9-16)23(3,4)5/h8-13,15H,6-7,14H2,1-5H3. The summed E-state index contributed by atoms with van der Waals surface area (Å²) in [6.45, 7) is 12.0. The van der Waals surface area contributed by atoms with Crippen LogP contribution in [0, 0.1) is 0 Å².